The Morgan fingerprint density at radius 2 is 1.16 bits per heavy atom. The summed E-state index contributed by atoms with van der Waals surface area (Å²) < 4.78 is 79.1. The Hall–Kier alpha value is -5.76. The third-order valence-electron chi connectivity index (χ3n) is 9.34. The summed E-state index contributed by atoms with van der Waals surface area (Å²) in [5, 5.41) is 68.8. The molecule has 7 rings (SSSR count). The molecule has 0 bridgehead atoms. The Bertz CT molecular complexity index is 3540. The standard InChI is InChI=1S/C40H24Cl4N6O16S4/c41-20-8-19(9-21(42)14-20)39(53)45-29-16-25(69(57,58)59)11-18-12-30(68-66-64-56)35(37(51)33(18)29)49-47-22-4-6-23(7-5-22)48-50-36-31(70(60,61)62)13-17-10-24(67-65-63-55)15-28(32(17)38(36)52)46-40(54)26-2-1-3-27(43)34(26)44/h1-16,51-52,55-56H,(H,45,53)(H,46,54)(H,57,58,59)(H,60,61,62). The van der Waals surface area contributed by atoms with Crippen molar-refractivity contribution in [2.45, 2.75) is 19.6 Å². The van der Waals surface area contributed by atoms with Gasteiger partial charge in [-0.05, 0) is 102 Å². The lowest BCUT2D eigenvalue weighted by atomic mass is 10.1. The molecule has 7 aromatic carbocycles. The highest BCUT2D eigenvalue weighted by atomic mass is 35.5. The molecule has 0 heterocycles. The Balaban J connectivity index is 1.26. The van der Waals surface area contributed by atoms with Gasteiger partial charge in [0.15, 0.2) is 11.5 Å². The first-order valence-electron chi connectivity index (χ1n) is 18.5. The summed E-state index contributed by atoms with van der Waals surface area (Å²) in [5.74, 6) is -3.29. The van der Waals surface area contributed by atoms with Crippen LogP contribution in [0.2, 0.25) is 20.1 Å². The van der Waals surface area contributed by atoms with Crippen LogP contribution in [0.4, 0.5) is 34.1 Å². The molecule has 0 aliphatic carbocycles. The van der Waals surface area contributed by atoms with Crippen molar-refractivity contribution in [2.75, 3.05) is 10.6 Å². The first-order chi connectivity index (χ1) is 33.2. The number of phenolic OH excluding ortho intramolecular Hbond substituents is 2. The number of halogens is 4. The van der Waals surface area contributed by atoms with Gasteiger partial charge in [0, 0.05) is 31.3 Å². The molecule has 0 unspecified atom stereocenters. The highest BCUT2D eigenvalue weighted by Crippen LogP contribution is 2.49. The van der Waals surface area contributed by atoms with Crippen molar-refractivity contribution in [1.29, 1.82) is 0 Å². The van der Waals surface area contributed by atoms with E-state index in [0.29, 0.717) is 12.0 Å². The van der Waals surface area contributed by atoms with Crippen molar-refractivity contribution in [3.8, 4) is 11.5 Å². The average molecular weight is 1110 g/mol. The molecule has 0 atom stereocenters. The number of amides is 2. The fourth-order valence-electron chi connectivity index (χ4n) is 6.42. The number of azo groups is 2. The normalized spacial score (nSPS) is 12.1. The van der Waals surface area contributed by atoms with E-state index >= 15 is 0 Å². The van der Waals surface area contributed by atoms with Crippen LogP contribution in [0, 0.1) is 0 Å². The molecule has 0 radical (unpaired) electrons. The maximum absolute atomic E-state index is 13.4. The van der Waals surface area contributed by atoms with Gasteiger partial charge < -0.3 is 20.8 Å². The van der Waals surface area contributed by atoms with E-state index in [2.05, 4.69) is 49.8 Å². The molecule has 2 amide bonds. The molecule has 30 heteroatoms. The number of nitrogens with one attached hydrogen (secondary N) is 2. The van der Waals surface area contributed by atoms with Gasteiger partial charge in [0.2, 0.25) is 0 Å². The Kier molecular flexibility index (Phi) is 16.1. The summed E-state index contributed by atoms with van der Waals surface area (Å²) in [7, 11) is -10.1. The maximum Gasteiger partial charge on any atom is 0.296 e. The van der Waals surface area contributed by atoms with E-state index in [-0.39, 0.29) is 103 Å². The van der Waals surface area contributed by atoms with Crippen LogP contribution >= 0.6 is 70.5 Å². The Morgan fingerprint density at radius 1 is 0.600 bits per heavy atom. The number of hydrogen-bond acceptors (Lipinski definition) is 20. The number of nitrogens with zero attached hydrogens (tertiary/aromatic N) is 4. The maximum atomic E-state index is 13.4. The summed E-state index contributed by atoms with van der Waals surface area (Å²) in [4.78, 5) is 25.1. The van der Waals surface area contributed by atoms with Crippen molar-refractivity contribution in [3.05, 3.63) is 128 Å². The molecule has 0 aromatic heterocycles. The molecule has 0 aliphatic heterocycles. The van der Waals surface area contributed by atoms with E-state index in [1.165, 1.54) is 78.9 Å². The lowest BCUT2D eigenvalue weighted by Crippen LogP contribution is -2.13. The zero-order chi connectivity index (χ0) is 50.7. The number of benzene rings is 7. The van der Waals surface area contributed by atoms with Crippen LogP contribution in [0.5, 0.6) is 11.5 Å². The van der Waals surface area contributed by atoms with Gasteiger partial charge >= 0.3 is 0 Å². The highest BCUT2D eigenvalue weighted by molar-refractivity contribution is 7.95. The van der Waals surface area contributed by atoms with E-state index in [1.807, 2.05) is 0 Å². The molecule has 8 N–H and O–H groups in total. The van der Waals surface area contributed by atoms with Gasteiger partial charge in [-0.15, -0.1) is 18.9 Å². The van der Waals surface area contributed by atoms with Crippen LogP contribution in [-0.4, -0.2) is 58.5 Å². The molecule has 7 aromatic rings. The number of anilines is 2. The first kappa shape index (κ1) is 52.1. The monoisotopic (exact) mass is 1110 g/mol. The third-order valence-corrected chi connectivity index (χ3v) is 13.5. The second kappa shape index (κ2) is 21.7. The van der Waals surface area contributed by atoms with E-state index in [9.17, 15) is 45.7 Å². The summed E-state index contributed by atoms with van der Waals surface area (Å²) in [5.41, 5.74) is -1.74. The second-order valence-electron chi connectivity index (χ2n) is 13.8. The molecule has 0 spiro atoms. The minimum atomic E-state index is -5.16. The van der Waals surface area contributed by atoms with Crippen molar-refractivity contribution in [1.82, 2.24) is 0 Å². The van der Waals surface area contributed by atoms with Crippen molar-refractivity contribution < 1.29 is 75.0 Å². The number of fused-ring (bicyclic) bond motifs is 2. The van der Waals surface area contributed by atoms with Crippen LogP contribution in [0.25, 0.3) is 21.5 Å². The fourth-order valence-corrected chi connectivity index (χ4v) is 9.48. The van der Waals surface area contributed by atoms with Crippen LogP contribution in [0.15, 0.2) is 137 Å². The van der Waals surface area contributed by atoms with Gasteiger partial charge in [0.25, 0.3) is 32.1 Å². The highest BCUT2D eigenvalue weighted by Gasteiger charge is 2.27. The second-order valence-corrected chi connectivity index (χ2v) is 19.8. The molecular weight excluding hydrogens is 1090 g/mol. The van der Waals surface area contributed by atoms with Crippen molar-refractivity contribution in [3.63, 3.8) is 0 Å². The van der Waals surface area contributed by atoms with E-state index in [0.717, 1.165) is 18.2 Å². The molecule has 362 valence electrons. The SMILES string of the molecule is O=C(Nc1cc(S(=O)(=O)O)cc2cc(SOOO)c(N=Nc3ccc(N=Nc4c(S(=O)(=O)O)cc5cc(SOOO)cc(NC(=O)c6cccc(Cl)c6Cl)c5c4O)cc3)c(O)c12)c1cc(Cl)cc(Cl)c1. The fraction of sp³-hybridized carbons (Fsp3) is 0. The first-order valence-corrected chi connectivity index (χ1v) is 24.4. The van der Waals surface area contributed by atoms with Crippen molar-refractivity contribution >= 4 is 158 Å². The van der Waals surface area contributed by atoms with Gasteiger partial charge in [-0.1, -0.05) is 62.5 Å². The van der Waals surface area contributed by atoms with Gasteiger partial charge in [-0.25, -0.2) is 10.5 Å². The summed E-state index contributed by atoms with van der Waals surface area (Å²) in [6.07, 6.45) is 0. The summed E-state index contributed by atoms with van der Waals surface area (Å²) in [6.45, 7) is 0. The predicted octanol–water partition coefficient (Wildman–Crippen LogP) is 12.7. The van der Waals surface area contributed by atoms with Crippen molar-refractivity contribution in [2.24, 2.45) is 20.5 Å². The molecule has 0 fully saturated rings. The number of carbonyl (C=O) groups excluding carboxylic acids is 2. The topological polar surface area (TPSA) is 334 Å². The molecule has 0 saturated carbocycles. The largest absolute Gasteiger partial charge is 0.505 e. The lowest BCUT2D eigenvalue weighted by molar-refractivity contribution is -0.432. The van der Waals surface area contributed by atoms with Gasteiger partial charge in [-0.2, -0.15) is 27.1 Å². The molecule has 0 saturated heterocycles. The van der Waals surface area contributed by atoms with E-state index in [4.69, 9.17) is 56.9 Å². The number of phenols is 2. The third kappa shape index (κ3) is 11.9. The number of aromatic hydroxyl groups is 2. The van der Waals surface area contributed by atoms with Gasteiger partial charge in [-0.3, -0.25) is 18.7 Å². The lowest BCUT2D eigenvalue weighted by Gasteiger charge is -2.15. The molecule has 22 nitrogen and oxygen atoms in total. The van der Waals surface area contributed by atoms with E-state index < -0.39 is 59.0 Å². The quantitative estimate of drug-likeness (QED) is 0.0146. The van der Waals surface area contributed by atoms with Crippen LogP contribution in [0.3, 0.4) is 0 Å². The molecule has 0 aliphatic rings. The van der Waals surface area contributed by atoms with E-state index in [1.54, 1.807) is 0 Å². The van der Waals surface area contributed by atoms with Gasteiger partial charge in [0.1, 0.15) is 16.3 Å². The van der Waals surface area contributed by atoms with Crippen LogP contribution in [-0.2, 0) is 39.0 Å². The number of rotatable bonds is 16. The van der Waals surface area contributed by atoms with Crippen LogP contribution in [0.1, 0.15) is 20.7 Å². The van der Waals surface area contributed by atoms with Gasteiger partial charge in [0.05, 0.1) is 72.2 Å². The summed E-state index contributed by atoms with van der Waals surface area (Å²) >= 11 is 25.2. The van der Waals surface area contributed by atoms with Crippen LogP contribution < -0.4 is 10.6 Å². The summed E-state index contributed by atoms with van der Waals surface area (Å²) in [6, 6.07) is 19.9. The zero-order valence-electron chi connectivity index (χ0n) is 33.9. The minimum Gasteiger partial charge on any atom is -0.505 e. The smallest absolute Gasteiger partial charge is 0.296 e. The Morgan fingerprint density at radius 3 is 1.76 bits per heavy atom. The molecular formula is C40H24Cl4N6O16S4. The Labute approximate surface area is 421 Å². The number of carbonyl (C=O) groups is 2. The zero-order valence-corrected chi connectivity index (χ0v) is 40.2. The molecule has 70 heavy (non-hydrogen) atoms. The average Bonchev–Trinajstić information content (AvgIpc) is 3.29. The predicted molar refractivity (Wildman–Crippen MR) is 256 cm³/mol. The minimum absolute atomic E-state index is 0.00562. The number of hydrogen-bond donors (Lipinski definition) is 8.